The third-order valence-corrected chi connectivity index (χ3v) is 7.48. The van der Waals surface area contributed by atoms with Crippen molar-refractivity contribution in [1.82, 2.24) is 15.1 Å². The van der Waals surface area contributed by atoms with Gasteiger partial charge in [0.05, 0.1) is 6.67 Å². The number of rotatable bonds is 7. The van der Waals surface area contributed by atoms with Gasteiger partial charge in [-0.15, -0.1) is 6.58 Å². The average molecular weight is 509 g/mol. The van der Waals surface area contributed by atoms with Crippen molar-refractivity contribution in [3.8, 4) is 11.1 Å². The van der Waals surface area contributed by atoms with Gasteiger partial charge in [-0.25, -0.2) is 0 Å². The van der Waals surface area contributed by atoms with E-state index in [2.05, 4.69) is 16.8 Å². The molecule has 7 heteroatoms. The van der Waals surface area contributed by atoms with E-state index in [1.807, 2.05) is 89.8 Å². The highest BCUT2D eigenvalue weighted by Crippen LogP contribution is 2.39. The minimum absolute atomic E-state index is 0.00579. The number of hydrogen-bond donors (Lipinski definition) is 1. The van der Waals surface area contributed by atoms with Crippen molar-refractivity contribution in [2.45, 2.75) is 18.4 Å². The molecule has 3 aromatic carbocycles. The lowest BCUT2D eigenvalue weighted by Gasteiger charge is -2.43. The number of benzene rings is 3. The zero-order valence-electron chi connectivity index (χ0n) is 21.4. The number of nitrogens with zero attached hydrogens (tertiary/aromatic N) is 3. The van der Waals surface area contributed by atoms with Crippen LogP contribution in [0.3, 0.4) is 0 Å². The molecule has 194 valence electrons. The van der Waals surface area contributed by atoms with Gasteiger partial charge < -0.3 is 20.0 Å². The number of amides is 3. The summed E-state index contributed by atoms with van der Waals surface area (Å²) in [6.07, 6.45) is 2.61. The Bertz CT molecular complexity index is 1300. The number of likely N-dealkylation sites (tertiary alicyclic amines) is 1. The van der Waals surface area contributed by atoms with Gasteiger partial charge in [0.2, 0.25) is 5.91 Å². The molecule has 0 atom stereocenters. The first kappa shape index (κ1) is 25.3. The van der Waals surface area contributed by atoms with Crippen LogP contribution in [-0.2, 0) is 9.59 Å². The Balaban J connectivity index is 1.31. The van der Waals surface area contributed by atoms with Crippen molar-refractivity contribution in [2.24, 2.45) is 0 Å². The van der Waals surface area contributed by atoms with E-state index in [1.54, 1.807) is 11.0 Å². The SMILES string of the molecule is C=CCNC(=O)CN1CN(c2ccccc2)C2(CCN(C(=O)c3ccc(-c4ccccc4)cc3)CC2)C1=O. The van der Waals surface area contributed by atoms with Crippen LogP contribution in [0.1, 0.15) is 23.2 Å². The highest BCUT2D eigenvalue weighted by Gasteiger charge is 2.54. The molecule has 7 nitrogen and oxygen atoms in total. The normalized spacial score (nSPS) is 16.5. The zero-order chi connectivity index (χ0) is 26.5. The highest BCUT2D eigenvalue weighted by atomic mass is 16.2. The molecule has 1 N–H and O–H groups in total. The largest absolute Gasteiger partial charge is 0.351 e. The molecule has 0 aliphatic carbocycles. The summed E-state index contributed by atoms with van der Waals surface area (Å²) in [7, 11) is 0. The molecule has 1 spiro atoms. The molecule has 0 bridgehead atoms. The van der Waals surface area contributed by atoms with Crippen molar-refractivity contribution in [3.05, 3.63) is 103 Å². The minimum Gasteiger partial charge on any atom is -0.351 e. The van der Waals surface area contributed by atoms with Crippen LogP contribution in [0.2, 0.25) is 0 Å². The van der Waals surface area contributed by atoms with Crippen LogP contribution in [0, 0.1) is 0 Å². The summed E-state index contributed by atoms with van der Waals surface area (Å²) < 4.78 is 0. The Labute approximate surface area is 223 Å². The maximum atomic E-state index is 13.8. The van der Waals surface area contributed by atoms with E-state index in [1.165, 1.54) is 0 Å². The van der Waals surface area contributed by atoms with Crippen LogP contribution in [0.25, 0.3) is 11.1 Å². The molecular weight excluding hydrogens is 476 g/mol. The van der Waals surface area contributed by atoms with Gasteiger partial charge in [-0.3, -0.25) is 14.4 Å². The Hall–Kier alpha value is -4.39. The summed E-state index contributed by atoms with van der Waals surface area (Å²) in [5.41, 5.74) is 2.96. The van der Waals surface area contributed by atoms with E-state index >= 15 is 0 Å². The zero-order valence-corrected chi connectivity index (χ0v) is 21.4. The third-order valence-electron chi connectivity index (χ3n) is 7.48. The Morgan fingerprint density at radius 2 is 1.47 bits per heavy atom. The van der Waals surface area contributed by atoms with Crippen molar-refractivity contribution in [2.75, 3.05) is 37.7 Å². The van der Waals surface area contributed by atoms with E-state index in [9.17, 15) is 14.4 Å². The van der Waals surface area contributed by atoms with Gasteiger partial charge >= 0.3 is 0 Å². The fourth-order valence-electron chi connectivity index (χ4n) is 5.44. The Morgan fingerprint density at radius 3 is 2.11 bits per heavy atom. The first-order valence-corrected chi connectivity index (χ1v) is 13.0. The quantitative estimate of drug-likeness (QED) is 0.491. The summed E-state index contributed by atoms with van der Waals surface area (Å²) in [5.74, 6) is -0.305. The van der Waals surface area contributed by atoms with E-state index in [4.69, 9.17) is 0 Å². The number of para-hydroxylation sites is 1. The van der Waals surface area contributed by atoms with Crippen LogP contribution in [0.4, 0.5) is 5.69 Å². The molecule has 0 unspecified atom stereocenters. The maximum Gasteiger partial charge on any atom is 0.253 e. The number of piperidine rings is 1. The van der Waals surface area contributed by atoms with Gasteiger partial charge in [0.15, 0.2) is 0 Å². The molecule has 0 saturated carbocycles. The Morgan fingerprint density at radius 1 is 0.868 bits per heavy atom. The van der Waals surface area contributed by atoms with E-state index < -0.39 is 5.54 Å². The smallest absolute Gasteiger partial charge is 0.253 e. The molecular formula is C31H32N4O3. The Kier molecular flexibility index (Phi) is 7.26. The van der Waals surface area contributed by atoms with Gasteiger partial charge in [-0.2, -0.15) is 0 Å². The van der Waals surface area contributed by atoms with Crippen LogP contribution >= 0.6 is 0 Å². The standard InChI is InChI=1S/C31H32N4O3/c1-2-19-32-28(36)22-34-23-35(27-11-7-4-8-12-27)31(30(34)38)17-20-33(21-18-31)29(37)26-15-13-25(14-16-26)24-9-5-3-6-10-24/h2-16H,1,17-23H2,(H,32,36). The highest BCUT2D eigenvalue weighted by molar-refractivity contribution is 5.98. The summed E-state index contributed by atoms with van der Waals surface area (Å²) >= 11 is 0. The molecule has 2 heterocycles. The van der Waals surface area contributed by atoms with Crippen molar-refractivity contribution < 1.29 is 14.4 Å². The van der Waals surface area contributed by atoms with Crippen molar-refractivity contribution in [1.29, 1.82) is 0 Å². The van der Waals surface area contributed by atoms with Gasteiger partial charge in [0.1, 0.15) is 12.1 Å². The summed E-state index contributed by atoms with van der Waals surface area (Å²) in [5, 5.41) is 2.76. The molecule has 0 aromatic heterocycles. The molecule has 2 aliphatic rings. The second-order valence-electron chi connectivity index (χ2n) is 9.77. The summed E-state index contributed by atoms with van der Waals surface area (Å²) in [6, 6.07) is 27.6. The number of anilines is 1. The van der Waals surface area contributed by atoms with E-state index in [0.29, 0.717) is 44.7 Å². The molecule has 3 aromatic rings. The average Bonchev–Trinajstić information content (AvgIpc) is 3.23. The first-order valence-electron chi connectivity index (χ1n) is 13.0. The number of hydrogen-bond acceptors (Lipinski definition) is 4. The molecule has 2 fully saturated rings. The summed E-state index contributed by atoms with van der Waals surface area (Å²) in [6.45, 7) is 5.24. The van der Waals surface area contributed by atoms with Crippen LogP contribution in [-0.4, -0.2) is 65.9 Å². The topological polar surface area (TPSA) is 73.0 Å². The van der Waals surface area contributed by atoms with Gasteiger partial charge in [0, 0.05) is 30.9 Å². The maximum absolute atomic E-state index is 13.8. The van der Waals surface area contributed by atoms with Crippen LogP contribution in [0.15, 0.2) is 97.6 Å². The fourth-order valence-corrected chi connectivity index (χ4v) is 5.44. The second-order valence-corrected chi connectivity index (χ2v) is 9.77. The lowest BCUT2D eigenvalue weighted by atomic mass is 9.85. The second kappa shape index (κ2) is 10.9. The molecule has 0 radical (unpaired) electrons. The van der Waals surface area contributed by atoms with E-state index in [0.717, 1.165) is 16.8 Å². The molecule has 2 saturated heterocycles. The first-order chi connectivity index (χ1) is 18.5. The van der Waals surface area contributed by atoms with E-state index in [-0.39, 0.29) is 24.3 Å². The number of nitrogens with one attached hydrogen (secondary N) is 1. The summed E-state index contributed by atoms with van der Waals surface area (Å²) in [4.78, 5) is 45.1. The lowest BCUT2D eigenvalue weighted by molar-refractivity contribution is -0.137. The van der Waals surface area contributed by atoms with Crippen molar-refractivity contribution in [3.63, 3.8) is 0 Å². The van der Waals surface area contributed by atoms with Gasteiger partial charge in [0.25, 0.3) is 11.8 Å². The van der Waals surface area contributed by atoms with Crippen LogP contribution < -0.4 is 10.2 Å². The van der Waals surface area contributed by atoms with Gasteiger partial charge in [-0.05, 0) is 48.2 Å². The number of carbonyl (C=O) groups excluding carboxylic acids is 3. The fraction of sp³-hybridized carbons (Fsp3) is 0.258. The number of carbonyl (C=O) groups is 3. The lowest BCUT2D eigenvalue weighted by Crippen LogP contribution is -2.57. The monoisotopic (exact) mass is 508 g/mol. The minimum atomic E-state index is -0.784. The third kappa shape index (κ3) is 4.92. The molecule has 3 amide bonds. The molecule has 5 rings (SSSR count). The predicted octanol–water partition coefficient (Wildman–Crippen LogP) is 3.94. The molecule has 38 heavy (non-hydrogen) atoms. The predicted molar refractivity (Wildman–Crippen MR) is 148 cm³/mol. The van der Waals surface area contributed by atoms with Crippen molar-refractivity contribution >= 4 is 23.4 Å². The van der Waals surface area contributed by atoms with Crippen LogP contribution in [0.5, 0.6) is 0 Å². The van der Waals surface area contributed by atoms with Gasteiger partial charge in [-0.1, -0.05) is 66.7 Å². The molecule has 2 aliphatic heterocycles.